The van der Waals surface area contributed by atoms with Crippen LogP contribution in [0.5, 0.6) is 0 Å². The molecule has 3 nitrogen and oxygen atoms in total. The summed E-state index contributed by atoms with van der Waals surface area (Å²) in [6.07, 6.45) is 0.627. The Hall–Kier alpha value is -1.91. The van der Waals surface area contributed by atoms with Gasteiger partial charge in [0.25, 0.3) is 0 Å². The minimum Gasteiger partial charge on any atom is -0.325 e. The first-order chi connectivity index (χ1) is 11.0. The Kier molecular flexibility index (Phi) is 6.13. The lowest BCUT2D eigenvalue weighted by atomic mass is 10.1. The minimum atomic E-state index is -0.369. The molecule has 2 aromatic carbocycles. The molecule has 2 atom stereocenters. The van der Waals surface area contributed by atoms with E-state index in [-0.39, 0.29) is 23.8 Å². The topological polar surface area (TPSA) is 41.1 Å². The van der Waals surface area contributed by atoms with Crippen molar-refractivity contribution in [2.24, 2.45) is 0 Å². The van der Waals surface area contributed by atoms with E-state index < -0.39 is 0 Å². The van der Waals surface area contributed by atoms with Crippen molar-refractivity contribution in [2.75, 3.05) is 5.32 Å². The molecule has 1 amide bonds. The van der Waals surface area contributed by atoms with Crippen LogP contribution in [0.4, 0.5) is 10.1 Å². The highest BCUT2D eigenvalue weighted by Gasteiger charge is 2.20. The fourth-order valence-electron chi connectivity index (χ4n) is 2.36. The van der Waals surface area contributed by atoms with Crippen LogP contribution in [0, 0.1) is 5.82 Å². The van der Waals surface area contributed by atoms with Crippen LogP contribution in [0.15, 0.2) is 48.5 Å². The molecule has 23 heavy (non-hydrogen) atoms. The smallest absolute Gasteiger partial charge is 0.241 e. The van der Waals surface area contributed by atoms with E-state index in [2.05, 4.69) is 10.6 Å². The summed E-state index contributed by atoms with van der Waals surface area (Å²) in [6.45, 7) is 3.90. The van der Waals surface area contributed by atoms with Crippen LogP contribution >= 0.6 is 11.6 Å². The Balaban J connectivity index is 2.02. The number of halogens is 2. The molecular weight excluding hydrogens is 315 g/mol. The van der Waals surface area contributed by atoms with Crippen molar-refractivity contribution < 1.29 is 9.18 Å². The average Bonchev–Trinajstić information content (AvgIpc) is 2.54. The summed E-state index contributed by atoms with van der Waals surface area (Å²) < 4.78 is 12.9. The molecule has 0 radical (unpaired) electrons. The van der Waals surface area contributed by atoms with Gasteiger partial charge in [-0.05, 0) is 49.2 Å². The third-order valence-corrected chi connectivity index (χ3v) is 4.00. The lowest BCUT2D eigenvalue weighted by Gasteiger charge is -2.22. The zero-order valence-corrected chi connectivity index (χ0v) is 13.9. The summed E-state index contributed by atoms with van der Waals surface area (Å²) in [5.74, 6) is -0.487. The van der Waals surface area contributed by atoms with Crippen molar-refractivity contribution >= 4 is 23.2 Å². The predicted molar refractivity (Wildman–Crippen MR) is 92.1 cm³/mol. The molecule has 0 saturated heterocycles. The molecule has 0 aromatic heterocycles. The van der Waals surface area contributed by atoms with Crippen molar-refractivity contribution in [3.05, 3.63) is 64.9 Å². The maximum Gasteiger partial charge on any atom is 0.241 e. The molecule has 2 rings (SSSR count). The van der Waals surface area contributed by atoms with E-state index in [4.69, 9.17) is 11.6 Å². The molecular formula is C18H20ClFN2O. The standard InChI is InChI=1S/C18H20ClFN2O/c1-3-17(18(23)22-14-10-8-13(20)9-11-14)21-12(2)15-6-4-5-7-16(15)19/h4-12,17,21H,3H2,1-2H3,(H,22,23). The first-order valence-electron chi connectivity index (χ1n) is 7.58. The summed E-state index contributed by atoms with van der Waals surface area (Å²) in [5.41, 5.74) is 1.52. The number of carbonyl (C=O) groups excluding carboxylic acids is 1. The van der Waals surface area contributed by atoms with Gasteiger partial charge in [0, 0.05) is 16.8 Å². The molecule has 122 valence electrons. The Morgan fingerprint density at radius 3 is 2.43 bits per heavy atom. The molecule has 0 aliphatic carbocycles. The number of amides is 1. The minimum absolute atomic E-state index is 0.0624. The van der Waals surface area contributed by atoms with Gasteiger partial charge in [0.05, 0.1) is 6.04 Å². The normalized spacial score (nSPS) is 13.4. The number of benzene rings is 2. The van der Waals surface area contributed by atoms with Gasteiger partial charge in [-0.3, -0.25) is 10.1 Å². The zero-order chi connectivity index (χ0) is 16.8. The van der Waals surface area contributed by atoms with Gasteiger partial charge in [-0.15, -0.1) is 0 Å². The van der Waals surface area contributed by atoms with Crippen LogP contribution < -0.4 is 10.6 Å². The predicted octanol–water partition coefficient (Wildman–Crippen LogP) is 4.55. The van der Waals surface area contributed by atoms with Gasteiger partial charge in [-0.25, -0.2) is 4.39 Å². The summed E-state index contributed by atoms with van der Waals surface area (Å²) in [4.78, 5) is 12.4. The number of hydrogen-bond acceptors (Lipinski definition) is 2. The van der Waals surface area contributed by atoms with Crippen molar-refractivity contribution in [3.8, 4) is 0 Å². The molecule has 0 bridgehead atoms. The fraction of sp³-hybridized carbons (Fsp3) is 0.278. The van der Waals surface area contributed by atoms with E-state index in [0.29, 0.717) is 17.1 Å². The van der Waals surface area contributed by atoms with Crippen LogP contribution in [-0.4, -0.2) is 11.9 Å². The molecule has 0 aliphatic rings. The van der Waals surface area contributed by atoms with Gasteiger partial charge in [0.15, 0.2) is 0 Å². The summed E-state index contributed by atoms with van der Waals surface area (Å²) in [6, 6.07) is 12.8. The second-order valence-electron chi connectivity index (χ2n) is 5.37. The number of anilines is 1. The number of rotatable bonds is 6. The second kappa shape index (κ2) is 8.09. The third-order valence-electron chi connectivity index (χ3n) is 3.66. The summed E-state index contributed by atoms with van der Waals surface area (Å²) in [7, 11) is 0. The van der Waals surface area contributed by atoms with E-state index in [1.165, 1.54) is 24.3 Å². The zero-order valence-electron chi connectivity index (χ0n) is 13.1. The monoisotopic (exact) mass is 334 g/mol. The van der Waals surface area contributed by atoms with Gasteiger partial charge in [-0.1, -0.05) is 36.7 Å². The van der Waals surface area contributed by atoms with Crippen LogP contribution in [0.25, 0.3) is 0 Å². The Morgan fingerprint density at radius 1 is 1.17 bits per heavy atom. The summed E-state index contributed by atoms with van der Waals surface area (Å²) >= 11 is 6.19. The SMILES string of the molecule is CCC(NC(C)c1ccccc1Cl)C(=O)Nc1ccc(F)cc1. The molecule has 0 aliphatic heterocycles. The van der Waals surface area contributed by atoms with Crippen molar-refractivity contribution in [1.29, 1.82) is 0 Å². The first kappa shape index (κ1) is 17.4. The maximum atomic E-state index is 12.9. The van der Waals surface area contributed by atoms with Gasteiger partial charge in [0.2, 0.25) is 5.91 Å². The van der Waals surface area contributed by atoms with Gasteiger partial charge >= 0.3 is 0 Å². The Morgan fingerprint density at radius 2 is 1.83 bits per heavy atom. The number of nitrogens with one attached hydrogen (secondary N) is 2. The largest absolute Gasteiger partial charge is 0.325 e. The highest BCUT2D eigenvalue weighted by molar-refractivity contribution is 6.31. The van der Waals surface area contributed by atoms with Crippen LogP contribution in [0.3, 0.4) is 0 Å². The lowest BCUT2D eigenvalue weighted by molar-refractivity contribution is -0.118. The Labute approximate surface area is 140 Å². The molecule has 2 N–H and O–H groups in total. The van der Waals surface area contributed by atoms with Crippen LogP contribution in [0.2, 0.25) is 5.02 Å². The maximum absolute atomic E-state index is 12.9. The van der Waals surface area contributed by atoms with E-state index in [9.17, 15) is 9.18 Å². The van der Waals surface area contributed by atoms with Crippen molar-refractivity contribution in [2.45, 2.75) is 32.4 Å². The molecule has 0 fully saturated rings. The Bertz CT molecular complexity index is 660. The highest BCUT2D eigenvalue weighted by Crippen LogP contribution is 2.23. The lowest BCUT2D eigenvalue weighted by Crippen LogP contribution is -2.41. The molecule has 0 saturated carbocycles. The van der Waals surface area contributed by atoms with Crippen molar-refractivity contribution in [1.82, 2.24) is 5.32 Å². The third kappa shape index (κ3) is 4.78. The fourth-order valence-corrected chi connectivity index (χ4v) is 2.66. The molecule has 2 unspecified atom stereocenters. The van der Waals surface area contributed by atoms with E-state index in [0.717, 1.165) is 5.56 Å². The van der Waals surface area contributed by atoms with E-state index in [1.807, 2.05) is 38.1 Å². The first-order valence-corrected chi connectivity index (χ1v) is 7.96. The highest BCUT2D eigenvalue weighted by atomic mass is 35.5. The van der Waals surface area contributed by atoms with E-state index in [1.54, 1.807) is 0 Å². The van der Waals surface area contributed by atoms with E-state index >= 15 is 0 Å². The van der Waals surface area contributed by atoms with Crippen LogP contribution in [-0.2, 0) is 4.79 Å². The molecule has 0 heterocycles. The second-order valence-corrected chi connectivity index (χ2v) is 5.77. The van der Waals surface area contributed by atoms with Gasteiger partial charge in [0.1, 0.15) is 5.82 Å². The molecule has 2 aromatic rings. The molecule has 5 heteroatoms. The molecule has 0 spiro atoms. The summed E-state index contributed by atoms with van der Waals surface area (Å²) in [5, 5.41) is 6.74. The quantitative estimate of drug-likeness (QED) is 0.813. The van der Waals surface area contributed by atoms with Crippen LogP contribution in [0.1, 0.15) is 31.9 Å². The number of hydrogen-bond donors (Lipinski definition) is 2. The number of carbonyl (C=O) groups is 1. The van der Waals surface area contributed by atoms with Gasteiger partial charge < -0.3 is 5.32 Å². The van der Waals surface area contributed by atoms with Crippen molar-refractivity contribution in [3.63, 3.8) is 0 Å². The average molecular weight is 335 g/mol. The van der Waals surface area contributed by atoms with Gasteiger partial charge in [-0.2, -0.15) is 0 Å².